The van der Waals surface area contributed by atoms with Crippen LogP contribution >= 0.6 is 22.6 Å². The molecule has 1 aliphatic rings. The predicted molar refractivity (Wildman–Crippen MR) is 107 cm³/mol. The zero-order chi connectivity index (χ0) is 17.4. The van der Waals surface area contributed by atoms with E-state index in [4.69, 9.17) is 4.74 Å². The van der Waals surface area contributed by atoms with E-state index in [0.29, 0.717) is 0 Å². The number of aryl methyl sites for hydroxylation is 1. The van der Waals surface area contributed by atoms with Crippen LogP contribution in [0, 0.1) is 10.5 Å². The Labute approximate surface area is 160 Å². The van der Waals surface area contributed by atoms with Crippen molar-refractivity contribution in [3.8, 4) is 11.5 Å². The van der Waals surface area contributed by atoms with Crippen molar-refractivity contribution in [2.24, 2.45) is 0 Å². The molecule has 3 aromatic rings. The van der Waals surface area contributed by atoms with Crippen LogP contribution in [-0.2, 0) is 4.79 Å². The number of hydrogen-bond acceptors (Lipinski definition) is 2. The third kappa shape index (κ3) is 3.02. The third-order valence-electron chi connectivity index (χ3n) is 4.38. The molecule has 3 nitrogen and oxygen atoms in total. The minimum Gasteiger partial charge on any atom is -0.457 e. The predicted octanol–water partition coefficient (Wildman–Crippen LogP) is 5.48. The molecule has 0 radical (unpaired) electrons. The van der Waals surface area contributed by atoms with E-state index in [9.17, 15) is 4.79 Å². The van der Waals surface area contributed by atoms with Crippen LogP contribution in [0.15, 0.2) is 66.7 Å². The van der Waals surface area contributed by atoms with Gasteiger partial charge in [0.25, 0.3) is 0 Å². The maximum atomic E-state index is 13.1. The van der Waals surface area contributed by atoms with Gasteiger partial charge < -0.3 is 10.1 Å². The molecule has 0 aromatic heterocycles. The SMILES string of the molecule is Cc1ccc(NC(=O)C2c3ccccc3Oc3ccccc32)cc1I. The van der Waals surface area contributed by atoms with Crippen LogP contribution in [0.3, 0.4) is 0 Å². The standard InChI is InChI=1S/C21H16INO2/c1-13-10-11-14(12-17(13)22)23-21(24)20-15-6-2-4-8-18(15)25-19-9-5-3-7-16(19)20/h2-12,20H,1H3,(H,23,24). The number of anilines is 1. The van der Waals surface area contributed by atoms with E-state index < -0.39 is 0 Å². The van der Waals surface area contributed by atoms with E-state index in [1.54, 1.807) is 0 Å². The molecule has 0 bridgehead atoms. The zero-order valence-corrected chi connectivity index (χ0v) is 15.8. The van der Waals surface area contributed by atoms with Gasteiger partial charge in [-0.2, -0.15) is 0 Å². The highest BCUT2D eigenvalue weighted by Gasteiger charge is 2.32. The smallest absolute Gasteiger partial charge is 0.236 e. The molecule has 124 valence electrons. The Morgan fingerprint density at radius 2 is 1.56 bits per heavy atom. The highest BCUT2D eigenvalue weighted by Crippen LogP contribution is 2.44. The lowest BCUT2D eigenvalue weighted by molar-refractivity contribution is -0.116. The number of carbonyl (C=O) groups excluding carboxylic acids is 1. The fraction of sp³-hybridized carbons (Fsp3) is 0.0952. The molecular formula is C21H16INO2. The van der Waals surface area contributed by atoms with Gasteiger partial charge in [-0.25, -0.2) is 0 Å². The first-order valence-corrected chi connectivity index (χ1v) is 9.14. The quantitative estimate of drug-likeness (QED) is 0.536. The van der Waals surface area contributed by atoms with Crippen molar-refractivity contribution in [3.05, 3.63) is 87.0 Å². The van der Waals surface area contributed by atoms with Crippen molar-refractivity contribution in [1.29, 1.82) is 0 Å². The second kappa shape index (κ2) is 6.52. The van der Waals surface area contributed by atoms with Gasteiger partial charge in [-0.05, 0) is 59.3 Å². The largest absolute Gasteiger partial charge is 0.457 e. The number of fused-ring (bicyclic) bond motifs is 2. The molecule has 3 aromatic carbocycles. The van der Waals surface area contributed by atoms with Crippen LogP contribution in [0.5, 0.6) is 11.5 Å². The number of ether oxygens (including phenoxy) is 1. The first-order chi connectivity index (χ1) is 12.1. The summed E-state index contributed by atoms with van der Waals surface area (Å²) in [4.78, 5) is 13.1. The molecule has 1 amide bonds. The lowest BCUT2D eigenvalue weighted by Crippen LogP contribution is -2.25. The van der Waals surface area contributed by atoms with Crippen molar-refractivity contribution in [3.63, 3.8) is 0 Å². The molecular weight excluding hydrogens is 425 g/mol. The number of para-hydroxylation sites is 2. The Bertz CT molecular complexity index is 922. The lowest BCUT2D eigenvalue weighted by Gasteiger charge is -2.27. The van der Waals surface area contributed by atoms with E-state index in [0.717, 1.165) is 31.9 Å². The second-order valence-corrected chi connectivity index (χ2v) is 7.23. The summed E-state index contributed by atoms with van der Waals surface area (Å²) in [6.45, 7) is 2.05. The molecule has 0 saturated heterocycles. The fourth-order valence-corrected chi connectivity index (χ4v) is 3.59. The van der Waals surface area contributed by atoms with Crippen LogP contribution in [0.4, 0.5) is 5.69 Å². The Morgan fingerprint density at radius 3 is 2.16 bits per heavy atom. The van der Waals surface area contributed by atoms with Gasteiger partial charge in [0.2, 0.25) is 5.91 Å². The summed E-state index contributed by atoms with van der Waals surface area (Å²) >= 11 is 2.28. The van der Waals surface area contributed by atoms with Crippen LogP contribution < -0.4 is 10.1 Å². The third-order valence-corrected chi connectivity index (χ3v) is 5.54. The average Bonchev–Trinajstić information content (AvgIpc) is 2.62. The summed E-state index contributed by atoms with van der Waals surface area (Å²) in [5.41, 5.74) is 3.78. The zero-order valence-electron chi connectivity index (χ0n) is 13.6. The minimum atomic E-state index is -0.389. The van der Waals surface area contributed by atoms with E-state index >= 15 is 0 Å². The van der Waals surface area contributed by atoms with Gasteiger partial charge >= 0.3 is 0 Å². The van der Waals surface area contributed by atoms with Crippen molar-refractivity contribution < 1.29 is 9.53 Å². The molecule has 0 saturated carbocycles. The van der Waals surface area contributed by atoms with Crippen molar-refractivity contribution in [1.82, 2.24) is 0 Å². The van der Waals surface area contributed by atoms with Gasteiger partial charge in [0.1, 0.15) is 11.5 Å². The molecule has 0 fully saturated rings. The van der Waals surface area contributed by atoms with Crippen LogP contribution in [-0.4, -0.2) is 5.91 Å². The van der Waals surface area contributed by atoms with Gasteiger partial charge in [-0.3, -0.25) is 4.79 Å². The van der Waals surface area contributed by atoms with E-state index in [2.05, 4.69) is 34.8 Å². The van der Waals surface area contributed by atoms with Gasteiger partial charge in [-0.15, -0.1) is 0 Å². The Hall–Kier alpha value is -2.34. The van der Waals surface area contributed by atoms with Crippen molar-refractivity contribution in [2.45, 2.75) is 12.8 Å². The highest BCUT2D eigenvalue weighted by molar-refractivity contribution is 14.1. The summed E-state index contributed by atoms with van der Waals surface area (Å²) in [6.07, 6.45) is 0. The van der Waals surface area contributed by atoms with E-state index in [1.807, 2.05) is 66.7 Å². The van der Waals surface area contributed by atoms with Gasteiger partial charge in [0, 0.05) is 20.4 Å². The molecule has 0 spiro atoms. The Morgan fingerprint density at radius 1 is 0.960 bits per heavy atom. The van der Waals surface area contributed by atoms with Crippen LogP contribution in [0.2, 0.25) is 0 Å². The Balaban J connectivity index is 1.73. The normalized spacial score (nSPS) is 12.7. The fourth-order valence-electron chi connectivity index (χ4n) is 3.08. The Kier molecular flexibility index (Phi) is 4.21. The van der Waals surface area contributed by atoms with E-state index in [-0.39, 0.29) is 11.8 Å². The maximum Gasteiger partial charge on any atom is 0.236 e. The topological polar surface area (TPSA) is 38.3 Å². The number of halogens is 1. The summed E-state index contributed by atoms with van der Waals surface area (Å²) < 4.78 is 7.09. The molecule has 4 heteroatoms. The lowest BCUT2D eigenvalue weighted by atomic mass is 9.87. The molecule has 0 atom stereocenters. The number of hydrogen-bond donors (Lipinski definition) is 1. The number of rotatable bonds is 2. The summed E-state index contributed by atoms with van der Waals surface area (Å²) in [7, 11) is 0. The molecule has 1 aliphatic heterocycles. The first kappa shape index (κ1) is 16.1. The molecule has 1 heterocycles. The maximum absolute atomic E-state index is 13.1. The summed E-state index contributed by atoms with van der Waals surface area (Å²) in [5.74, 6) is 1.03. The van der Waals surface area contributed by atoms with Crippen LogP contribution in [0.25, 0.3) is 0 Å². The monoisotopic (exact) mass is 441 g/mol. The van der Waals surface area contributed by atoms with E-state index in [1.165, 1.54) is 5.56 Å². The molecule has 0 aliphatic carbocycles. The average molecular weight is 441 g/mol. The second-order valence-electron chi connectivity index (χ2n) is 6.06. The molecule has 25 heavy (non-hydrogen) atoms. The number of benzene rings is 3. The summed E-state index contributed by atoms with van der Waals surface area (Å²) in [6, 6.07) is 21.4. The van der Waals surface area contributed by atoms with Gasteiger partial charge in [-0.1, -0.05) is 42.5 Å². The summed E-state index contributed by atoms with van der Waals surface area (Å²) in [5, 5.41) is 3.06. The minimum absolute atomic E-state index is 0.0529. The molecule has 1 N–H and O–H groups in total. The number of amides is 1. The molecule has 0 unspecified atom stereocenters. The number of carbonyl (C=O) groups is 1. The first-order valence-electron chi connectivity index (χ1n) is 8.06. The molecule has 4 rings (SSSR count). The van der Waals surface area contributed by atoms with Crippen LogP contribution in [0.1, 0.15) is 22.6 Å². The highest BCUT2D eigenvalue weighted by atomic mass is 127. The van der Waals surface area contributed by atoms with Crippen molar-refractivity contribution in [2.75, 3.05) is 5.32 Å². The number of nitrogens with one attached hydrogen (secondary N) is 1. The van der Waals surface area contributed by atoms with Gasteiger partial charge in [0.15, 0.2) is 0 Å². The van der Waals surface area contributed by atoms with Crippen molar-refractivity contribution >= 4 is 34.2 Å². The van der Waals surface area contributed by atoms with Gasteiger partial charge in [0.05, 0.1) is 5.92 Å².